The summed E-state index contributed by atoms with van der Waals surface area (Å²) in [6.45, 7) is 3.74. The van der Waals surface area contributed by atoms with Crippen molar-refractivity contribution in [2.75, 3.05) is 19.0 Å². The van der Waals surface area contributed by atoms with Crippen LogP contribution in [0, 0.1) is 6.92 Å². The third-order valence-electron chi connectivity index (χ3n) is 1.00. The summed E-state index contributed by atoms with van der Waals surface area (Å²) in [5.41, 5.74) is 0. The maximum Gasteiger partial charge on any atom is 0.267 e. The van der Waals surface area contributed by atoms with E-state index in [1.165, 1.54) is 0 Å². The molecule has 0 rings (SSSR count). The molecule has 0 bridgehead atoms. The second-order valence-corrected chi connectivity index (χ2v) is 3.83. The highest BCUT2D eigenvalue weighted by molar-refractivity contribution is 7.85. The van der Waals surface area contributed by atoms with Gasteiger partial charge in [-0.2, -0.15) is 8.42 Å². The monoisotopic (exact) mass is 197 g/mol. The number of hydrogen-bond acceptors (Lipinski definition) is 4. The summed E-state index contributed by atoms with van der Waals surface area (Å²) in [6, 6.07) is 0. The molecular weight excluding hydrogens is 184 g/mol. The van der Waals surface area contributed by atoms with Crippen molar-refractivity contribution in [2.24, 2.45) is 0 Å². The minimum absolute atomic E-state index is 0.102. The van der Waals surface area contributed by atoms with Crippen molar-refractivity contribution in [1.82, 2.24) is 0 Å². The molecule has 1 atom stereocenters. The van der Waals surface area contributed by atoms with Gasteiger partial charge in [0, 0.05) is 6.61 Å². The van der Waals surface area contributed by atoms with Crippen LogP contribution in [0.1, 0.15) is 6.42 Å². The van der Waals surface area contributed by atoms with Gasteiger partial charge in [0.1, 0.15) is 5.75 Å². The largest absolute Gasteiger partial charge is 0.390 e. The number of aliphatic hydroxyl groups is 1. The Hall–Kier alpha value is -0.170. The van der Waals surface area contributed by atoms with E-state index in [1.807, 2.05) is 0 Å². The zero-order chi connectivity index (χ0) is 9.61. The van der Waals surface area contributed by atoms with Crippen molar-refractivity contribution < 1.29 is 22.8 Å². The minimum Gasteiger partial charge on any atom is -0.390 e. The Balaban J connectivity index is 3.53. The molecule has 0 spiro atoms. The first kappa shape index (κ1) is 11.8. The summed E-state index contributed by atoms with van der Waals surface area (Å²) in [5, 5.41) is 8.93. The van der Waals surface area contributed by atoms with Crippen LogP contribution in [0.2, 0.25) is 0 Å². The molecule has 1 radical (unpaired) electrons. The predicted molar refractivity (Wildman–Crippen MR) is 43.2 cm³/mol. The topological polar surface area (TPSA) is 83.8 Å². The van der Waals surface area contributed by atoms with Gasteiger partial charge in [-0.15, -0.1) is 0 Å². The zero-order valence-corrected chi connectivity index (χ0v) is 7.46. The van der Waals surface area contributed by atoms with Crippen molar-refractivity contribution in [3.05, 3.63) is 6.92 Å². The standard InChI is InChI=1S/C6H13O5S/c1-2-3-11-4-6(7)5-12(8,9)10/h6-7H,1-5H2,(H,8,9,10). The normalized spacial score (nSPS) is 14.6. The van der Waals surface area contributed by atoms with Crippen molar-refractivity contribution in [1.29, 1.82) is 0 Å². The quantitative estimate of drug-likeness (QED) is 0.442. The van der Waals surface area contributed by atoms with Gasteiger partial charge in [-0.25, -0.2) is 0 Å². The van der Waals surface area contributed by atoms with E-state index in [-0.39, 0.29) is 6.61 Å². The molecule has 0 aliphatic heterocycles. The molecule has 0 aliphatic carbocycles. The first-order valence-electron chi connectivity index (χ1n) is 3.46. The van der Waals surface area contributed by atoms with Crippen LogP contribution >= 0.6 is 0 Å². The average molecular weight is 197 g/mol. The maximum absolute atomic E-state index is 10.2. The van der Waals surface area contributed by atoms with E-state index in [0.29, 0.717) is 13.0 Å². The SMILES string of the molecule is [CH2]CCOCC(O)CS(=O)(=O)O. The molecule has 0 fully saturated rings. The lowest BCUT2D eigenvalue weighted by Gasteiger charge is -2.08. The van der Waals surface area contributed by atoms with Gasteiger partial charge >= 0.3 is 0 Å². The van der Waals surface area contributed by atoms with Gasteiger partial charge in [-0.1, -0.05) is 6.92 Å². The van der Waals surface area contributed by atoms with Gasteiger partial charge in [-0.3, -0.25) is 4.55 Å². The van der Waals surface area contributed by atoms with Gasteiger partial charge in [0.25, 0.3) is 10.1 Å². The molecule has 0 aromatic carbocycles. The Morgan fingerprint density at radius 3 is 2.50 bits per heavy atom. The van der Waals surface area contributed by atoms with E-state index in [9.17, 15) is 8.42 Å². The number of ether oxygens (including phenoxy) is 1. The van der Waals surface area contributed by atoms with Crippen LogP contribution in [-0.4, -0.2) is 43.1 Å². The molecule has 0 saturated heterocycles. The summed E-state index contributed by atoms with van der Waals surface area (Å²) < 4.78 is 33.5. The van der Waals surface area contributed by atoms with E-state index in [4.69, 9.17) is 14.4 Å². The van der Waals surface area contributed by atoms with E-state index in [1.54, 1.807) is 0 Å². The van der Waals surface area contributed by atoms with Gasteiger partial charge in [0.2, 0.25) is 0 Å². The van der Waals surface area contributed by atoms with Gasteiger partial charge in [0.15, 0.2) is 0 Å². The van der Waals surface area contributed by atoms with Crippen LogP contribution < -0.4 is 0 Å². The van der Waals surface area contributed by atoms with Crippen LogP contribution in [-0.2, 0) is 14.9 Å². The molecule has 0 aromatic rings. The van der Waals surface area contributed by atoms with Crippen molar-refractivity contribution >= 4 is 10.1 Å². The molecule has 6 heteroatoms. The van der Waals surface area contributed by atoms with E-state index in [0.717, 1.165) is 0 Å². The Morgan fingerprint density at radius 1 is 1.50 bits per heavy atom. The molecule has 5 nitrogen and oxygen atoms in total. The summed E-state index contributed by atoms with van der Waals surface area (Å²) in [4.78, 5) is 0. The molecule has 0 aromatic heterocycles. The van der Waals surface area contributed by atoms with Crippen molar-refractivity contribution in [3.63, 3.8) is 0 Å². The van der Waals surface area contributed by atoms with Crippen LogP contribution in [0.15, 0.2) is 0 Å². The highest BCUT2D eigenvalue weighted by Gasteiger charge is 2.13. The third-order valence-corrected chi connectivity index (χ3v) is 1.81. The fraction of sp³-hybridized carbons (Fsp3) is 0.833. The second kappa shape index (κ2) is 5.47. The smallest absolute Gasteiger partial charge is 0.267 e. The van der Waals surface area contributed by atoms with Crippen molar-refractivity contribution in [2.45, 2.75) is 12.5 Å². The summed E-state index contributed by atoms with van der Waals surface area (Å²) in [6.07, 6.45) is -0.620. The average Bonchev–Trinajstić information content (AvgIpc) is 1.84. The highest BCUT2D eigenvalue weighted by atomic mass is 32.2. The van der Waals surface area contributed by atoms with Crippen molar-refractivity contribution in [3.8, 4) is 0 Å². The maximum atomic E-state index is 10.2. The lowest BCUT2D eigenvalue weighted by atomic mass is 10.4. The molecule has 2 N–H and O–H groups in total. The minimum atomic E-state index is -4.11. The summed E-state index contributed by atoms with van der Waals surface area (Å²) >= 11 is 0. The zero-order valence-electron chi connectivity index (χ0n) is 6.64. The van der Waals surface area contributed by atoms with Crippen LogP contribution in [0.4, 0.5) is 0 Å². The summed E-state index contributed by atoms with van der Waals surface area (Å²) in [5.74, 6) is -0.690. The molecule has 73 valence electrons. The number of aliphatic hydroxyl groups excluding tert-OH is 1. The van der Waals surface area contributed by atoms with Gasteiger partial charge < -0.3 is 9.84 Å². The Morgan fingerprint density at radius 2 is 2.08 bits per heavy atom. The Labute approximate surface area is 72.1 Å². The molecule has 12 heavy (non-hydrogen) atoms. The lowest BCUT2D eigenvalue weighted by molar-refractivity contribution is 0.0491. The highest BCUT2D eigenvalue weighted by Crippen LogP contribution is 1.92. The molecule has 1 unspecified atom stereocenters. The van der Waals surface area contributed by atoms with Crippen LogP contribution in [0.25, 0.3) is 0 Å². The van der Waals surface area contributed by atoms with Gasteiger partial charge in [0.05, 0.1) is 12.7 Å². The molecular formula is C6H13O5S. The first-order valence-corrected chi connectivity index (χ1v) is 5.07. The van der Waals surface area contributed by atoms with E-state index >= 15 is 0 Å². The first-order chi connectivity index (χ1) is 5.45. The fourth-order valence-electron chi connectivity index (χ4n) is 0.613. The molecule has 0 heterocycles. The van der Waals surface area contributed by atoms with E-state index in [2.05, 4.69) is 6.92 Å². The fourth-order valence-corrected chi connectivity index (χ4v) is 1.20. The molecule has 0 aliphatic rings. The number of hydrogen-bond donors (Lipinski definition) is 2. The lowest BCUT2D eigenvalue weighted by Crippen LogP contribution is -2.25. The molecule has 0 amide bonds. The summed E-state index contributed by atoms with van der Waals surface area (Å²) in [7, 11) is -4.11. The third kappa shape index (κ3) is 7.93. The second-order valence-electron chi connectivity index (χ2n) is 2.33. The predicted octanol–water partition coefficient (Wildman–Crippen LogP) is -0.524. The van der Waals surface area contributed by atoms with Gasteiger partial charge in [-0.05, 0) is 6.42 Å². The van der Waals surface area contributed by atoms with E-state index < -0.39 is 22.0 Å². The number of rotatable bonds is 6. The Bertz CT molecular complexity index is 198. The molecule has 0 saturated carbocycles. The van der Waals surface area contributed by atoms with Crippen LogP contribution in [0.5, 0.6) is 0 Å². The van der Waals surface area contributed by atoms with Crippen LogP contribution in [0.3, 0.4) is 0 Å². The Kier molecular flexibility index (Phi) is 5.39.